The van der Waals surface area contributed by atoms with E-state index >= 15 is 0 Å². The maximum absolute atomic E-state index is 5.38. The molecule has 0 aliphatic heterocycles. The van der Waals surface area contributed by atoms with Gasteiger partial charge in [0.1, 0.15) is 5.75 Å². The fraction of sp³-hybridized carbons (Fsp3) is 0.222. The van der Waals surface area contributed by atoms with E-state index in [1.807, 2.05) is 25.1 Å². The minimum Gasteiger partial charge on any atom is -0.497 e. The average Bonchev–Trinajstić information content (AvgIpc) is 2.04. The van der Waals surface area contributed by atoms with Gasteiger partial charge in [0.2, 0.25) is 0 Å². The second kappa shape index (κ2) is 3.39. The summed E-state index contributed by atoms with van der Waals surface area (Å²) in [7, 11) is 1.65. The Bertz CT molecular complexity index is 245. The summed E-state index contributed by atoms with van der Waals surface area (Å²) in [5.41, 5.74) is 7.55. The Morgan fingerprint density at radius 3 is 2.64 bits per heavy atom. The molecule has 2 N–H and O–H groups in total. The first-order chi connectivity index (χ1) is 5.27. The maximum Gasteiger partial charge on any atom is 0.119 e. The third-order valence-corrected chi connectivity index (χ3v) is 1.66. The van der Waals surface area contributed by atoms with Crippen molar-refractivity contribution in [3.63, 3.8) is 0 Å². The van der Waals surface area contributed by atoms with Gasteiger partial charge in [0.05, 0.1) is 7.11 Å². The molecule has 1 aromatic rings. The normalized spacial score (nSPS) is 9.73. The lowest BCUT2D eigenvalue weighted by molar-refractivity contribution is 0.414. The average molecular weight is 150 g/mol. The highest BCUT2D eigenvalue weighted by atomic mass is 16.5. The Balaban J connectivity index is 2.99. The zero-order chi connectivity index (χ0) is 8.27. The van der Waals surface area contributed by atoms with E-state index in [1.54, 1.807) is 13.7 Å². The van der Waals surface area contributed by atoms with Crippen LogP contribution in [0.25, 0.3) is 0 Å². The van der Waals surface area contributed by atoms with E-state index in [-0.39, 0.29) is 0 Å². The van der Waals surface area contributed by atoms with Crippen molar-refractivity contribution in [1.29, 1.82) is 0 Å². The third-order valence-electron chi connectivity index (χ3n) is 1.66. The lowest BCUT2D eigenvalue weighted by atomic mass is 10.1. The van der Waals surface area contributed by atoms with Gasteiger partial charge in [-0.3, -0.25) is 0 Å². The number of methoxy groups -OCH3 is 1. The first-order valence-electron chi connectivity index (χ1n) is 3.47. The van der Waals surface area contributed by atoms with Crippen molar-refractivity contribution in [2.45, 2.75) is 6.92 Å². The molecule has 0 fully saturated rings. The van der Waals surface area contributed by atoms with Crippen molar-refractivity contribution in [2.24, 2.45) is 5.73 Å². The molecule has 0 amide bonds. The first-order valence-corrected chi connectivity index (χ1v) is 3.47. The Labute approximate surface area is 67.0 Å². The van der Waals surface area contributed by atoms with Crippen molar-refractivity contribution in [3.05, 3.63) is 35.9 Å². The SMILES string of the molecule is COc1ccc([CH]N)c(C)c1. The summed E-state index contributed by atoms with van der Waals surface area (Å²) < 4.78 is 5.04. The summed E-state index contributed by atoms with van der Waals surface area (Å²) in [4.78, 5) is 0. The standard InChI is InChI=1S/C9H12NO/c1-7-5-9(11-2)4-3-8(7)6-10/h3-6H,10H2,1-2H3. The van der Waals surface area contributed by atoms with Gasteiger partial charge >= 0.3 is 0 Å². The van der Waals surface area contributed by atoms with Gasteiger partial charge in [-0.05, 0) is 30.2 Å². The summed E-state index contributed by atoms with van der Waals surface area (Å²) in [6.07, 6.45) is 0. The van der Waals surface area contributed by atoms with Gasteiger partial charge in [-0.1, -0.05) is 6.07 Å². The van der Waals surface area contributed by atoms with E-state index in [4.69, 9.17) is 10.5 Å². The van der Waals surface area contributed by atoms with Crippen LogP contribution in [0.4, 0.5) is 0 Å². The lowest BCUT2D eigenvalue weighted by Crippen LogP contribution is -1.95. The van der Waals surface area contributed by atoms with Crippen molar-refractivity contribution in [3.8, 4) is 5.75 Å². The summed E-state index contributed by atoms with van der Waals surface area (Å²) in [5, 5.41) is 0. The minimum atomic E-state index is 0.869. The van der Waals surface area contributed by atoms with Gasteiger partial charge in [0.25, 0.3) is 0 Å². The molecule has 2 nitrogen and oxygen atoms in total. The molecule has 0 aliphatic carbocycles. The van der Waals surface area contributed by atoms with E-state index in [0.717, 1.165) is 16.9 Å². The molecule has 1 aromatic carbocycles. The molecule has 11 heavy (non-hydrogen) atoms. The van der Waals surface area contributed by atoms with Crippen LogP contribution in [0.1, 0.15) is 11.1 Å². The number of aryl methyl sites for hydroxylation is 1. The topological polar surface area (TPSA) is 35.2 Å². The molecule has 0 aliphatic rings. The third kappa shape index (κ3) is 1.71. The highest BCUT2D eigenvalue weighted by Crippen LogP contribution is 2.16. The van der Waals surface area contributed by atoms with Crippen molar-refractivity contribution in [1.82, 2.24) is 0 Å². The van der Waals surface area contributed by atoms with Crippen LogP contribution in [-0.4, -0.2) is 7.11 Å². The van der Waals surface area contributed by atoms with Crippen LogP contribution in [0.15, 0.2) is 18.2 Å². The molecule has 0 spiro atoms. The van der Waals surface area contributed by atoms with E-state index in [9.17, 15) is 0 Å². The van der Waals surface area contributed by atoms with Crippen LogP contribution in [-0.2, 0) is 0 Å². The fourth-order valence-corrected chi connectivity index (χ4v) is 0.962. The molecule has 2 heteroatoms. The van der Waals surface area contributed by atoms with Gasteiger partial charge in [0.15, 0.2) is 0 Å². The van der Waals surface area contributed by atoms with E-state index in [0.29, 0.717) is 0 Å². The second-order valence-electron chi connectivity index (χ2n) is 2.39. The molecule has 0 aromatic heterocycles. The van der Waals surface area contributed by atoms with E-state index < -0.39 is 0 Å². The molecule has 0 unspecified atom stereocenters. The van der Waals surface area contributed by atoms with Crippen LogP contribution in [0.3, 0.4) is 0 Å². The summed E-state index contributed by atoms with van der Waals surface area (Å²) >= 11 is 0. The van der Waals surface area contributed by atoms with Crippen LogP contribution in [0.5, 0.6) is 5.75 Å². The molecular weight excluding hydrogens is 138 g/mol. The molecule has 0 heterocycles. The molecule has 0 atom stereocenters. The Morgan fingerprint density at radius 1 is 1.45 bits per heavy atom. The number of rotatable bonds is 2. The van der Waals surface area contributed by atoms with Gasteiger partial charge in [0, 0.05) is 6.54 Å². The van der Waals surface area contributed by atoms with Crippen LogP contribution in [0, 0.1) is 13.5 Å². The monoisotopic (exact) mass is 150 g/mol. The minimum absolute atomic E-state index is 0.869. The van der Waals surface area contributed by atoms with Crippen molar-refractivity contribution in [2.75, 3.05) is 7.11 Å². The van der Waals surface area contributed by atoms with Crippen molar-refractivity contribution < 1.29 is 4.74 Å². The highest BCUT2D eigenvalue weighted by molar-refractivity contribution is 5.37. The zero-order valence-corrected chi connectivity index (χ0v) is 6.79. The number of benzene rings is 1. The molecule has 1 rings (SSSR count). The van der Waals surface area contributed by atoms with Gasteiger partial charge in [-0.15, -0.1) is 0 Å². The number of hydrogen-bond donors (Lipinski definition) is 1. The van der Waals surface area contributed by atoms with Crippen LogP contribution < -0.4 is 10.5 Å². The van der Waals surface area contributed by atoms with E-state index in [1.165, 1.54) is 0 Å². The summed E-state index contributed by atoms with van der Waals surface area (Å²) in [5.74, 6) is 0.869. The Hall–Kier alpha value is -1.02. The predicted molar refractivity (Wildman–Crippen MR) is 45.3 cm³/mol. The first kappa shape index (κ1) is 8.08. The van der Waals surface area contributed by atoms with Gasteiger partial charge < -0.3 is 10.5 Å². The number of ether oxygens (including phenoxy) is 1. The van der Waals surface area contributed by atoms with Gasteiger partial charge in [-0.2, -0.15) is 0 Å². The number of hydrogen-bond acceptors (Lipinski definition) is 2. The second-order valence-corrected chi connectivity index (χ2v) is 2.39. The zero-order valence-electron chi connectivity index (χ0n) is 6.79. The van der Waals surface area contributed by atoms with Crippen molar-refractivity contribution >= 4 is 0 Å². The molecule has 59 valence electrons. The molecule has 0 bridgehead atoms. The maximum atomic E-state index is 5.38. The summed E-state index contributed by atoms with van der Waals surface area (Å²) in [6, 6.07) is 5.79. The Morgan fingerprint density at radius 2 is 2.18 bits per heavy atom. The lowest BCUT2D eigenvalue weighted by Gasteiger charge is -2.04. The fourth-order valence-electron chi connectivity index (χ4n) is 0.962. The molecular formula is C9H12NO. The summed E-state index contributed by atoms with van der Waals surface area (Å²) in [6.45, 7) is 3.59. The van der Waals surface area contributed by atoms with Gasteiger partial charge in [-0.25, -0.2) is 0 Å². The molecule has 0 saturated heterocycles. The van der Waals surface area contributed by atoms with Crippen LogP contribution in [0.2, 0.25) is 0 Å². The molecule has 0 saturated carbocycles. The molecule has 1 radical (unpaired) electrons. The Kier molecular flexibility index (Phi) is 2.49. The van der Waals surface area contributed by atoms with E-state index in [2.05, 4.69) is 0 Å². The highest BCUT2D eigenvalue weighted by Gasteiger charge is 1.97. The quantitative estimate of drug-likeness (QED) is 0.693. The number of nitrogens with two attached hydrogens (primary N) is 1. The smallest absolute Gasteiger partial charge is 0.119 e. The van der Waals surface area contributed by atoms with Crippen LogP contribution >= 0.6 is 0 Å². The predicted octanol–water partition coefficient (Wildman–Crippen LogP) is 1.47. The largest absolute Gasteiger partial charge is 0.497 e.